The van der Waals surface area contributed by atoms with Crippen LogP contribution in [-0.2, 0) is 30.9 Å². The minimum Gasteiger partial charge on any atom is -0.456 e. The van der Waals surface area contributed by atoms with Gasteiger partial charge < -0.3 is 19.5 Å². The van der Waals surface area contributed by atoms with E-state index in [4.69, 9.17) is 14.2 Å². The van der Waals surface area contributed by atoms with E-state index in [-0.39, 0.29) is 37.6 Å². The predicted octanol–water partition coefficient (Wildman–Crippen LogP) is 1.34. The summed E-state index contributed by atoms with van der Waals surface area (Å²) >= 11 is 0.933. The first-order valence-corrected chi connectivity index (χ1v) is 12.2. The van der Waals surface area contributed by atoms with Crippen LogP contribution in [0.3, 0.4) is 0 Å². The molecule has 2 heterocycles. The molecule has 13 heteroatoms. The fourth-order valence-electron chi connectivity index (χ4n) is 3.04. The lowest BCUT2D eigenvalue weighted by Gasteiger charge is -2.08. The summed E-state index contributed by atoms with van der Waals surface area (Å²) in [5.41, 5.74) is 1.62. The van der Waals surface area contributed by atoms with E-state index in [0.29, 0.717) is 22.5 Å². The summed E-state index contributed by atoms with van der Waals surface area (Å²) in [4.78, 5) is 23.8. The quantitative estimate of drug-likeness (QED) is 0.316. The van der Waals surface area contributed by atoms with Crippen molar-refractivity contribution in [3.63, 3.8) is 0 Å². The fourth-order valence-corrected chi connectivity index (χ4v) is 4.87. The van der Waals surface area contributed by atoms with Crippen LogP contribution >= 0.6 is 11.7 Å². The second-order valence-electron chi connectivity index (χ2n) is 7.01. The molecular weight excluding hydrogens is 472 g/mol. The van der Waals surface area contributed by atoms with E-state index in [2.05, 4.69) is 18.8 Å². The number of fused-ring (bicyclic) bond motifs is 2. The molecule has 0 saturated carbocycles. The second kappa shape index (κ2) is 10.1. The van der Waals surface area contributed by atoms with Crippen molar-refractivity contribution >= 4 is 44.7 Å². The zero-order valence-electron chi connectivity index (χ0n) is 17.3. The largest absolute Gasteiger partial charge is 0.456 e. The van der Waals surface area contributed by atoms with Crippen LogP contribution in [0.4, 0.5) is 0 Å². The van der Waals surface area contributed by atoms with Crippen molar-refractivity contribution in [1.82, 2.24) is 18.8 Å². The molecule has 0 spiro atoms. The molecule has 0 fully saturated rings. The number of hydrogen-bond acceptors (Lipinski definition) is 10. The smallest absolute Gasteiger partial charge is 0.306 e. The monoisotopic (exact) mass is 492 g/mol. The summed E-state index contributed by atoms with van der Waals surface area (Å²) in [6.07, 6.45) is 0.169. The van der Waals surface area contributed by atoms with E-state index in [9.17, 15) is 18.0 Å². The highest BCUT2D eigenvalue weighted by Crippen LogP contribution is 2.32. The van der Waals surface area contributed by atoms with Crippen molar-refractivity contribution in [3.05, 3.63) is 42.0 Å². The van der Waals surface area contributed by atoms with Gasteiger partial charge >= 0.3 is 5.97 Å². The molecule has 1 amide bonds. The topological polar surface area (TPSA) is 146 Å². The number of nitrogens with zero attached hydrogens (tertiary/aromatic N) is 2. The Bertz CT molecular complexity index is 1280. The molecule has 2 N–H and O–H groups in total. The summed E-state index contributed by atoms with van der Waals surface area (Å²) < 4.78 is 50.9. The minimum absolute atomic E-state index is 0.0295. The van der Waals surface area contributed by atoms with Gasteiger partial charge in [0.1, 0.15) is 15.9 Å². The average molecular weight is 493 g/mol. The number of carbonyl (C=O) groups excluding carboxylic acids is 2. The number of ether oxygens (including phenoxy) is 3. The number of rotatable bonds is 10. The molecule has 2 aromatic carbocycles. The van der Waals surface area contributed by atoms with E-state index in [1.165, 1.54) is 6.07 Å². The molecule has 174 valence electrons. The van der Waals surface area contributed by atoms with Crippen LogP contribution in [-0.4, -0.2) is 49.0 Å². The first kappa shape index (κ1) is 22.9. The Kier molecular flexibility index (Phi) is 7.01. The fraction of sp³-hybridized carbons (Fsp3) is 0.300. The molecule has 0 bridgehead atoms. The van der Waals surface area contributed by atoms with E-state index >= 15 is 0 Å². The summed E-state index contributed by atoms with van der Waals surface area (Å²) in [6.45, 7) is 0.0215. The molecule has 33 heavy (non-hydrogen) atoms. The SMILES string of the molecule is O=C(COC(=O)CCCNS(=O)(=O)c1cccc2nsnc12)NCc1ccc2c(c1)OCO2. The number of nitrogens with one attached hydrogen (secondary N) is 2. The van der Waals surface area contributed by atoms with Gasteiger partial charge in [-0.15, -0.1) is 0 Å². The molecular formula is C20H20N4O7S2. The Balaban J connectivity index is 1.15. The minimum atomic E-state index is -3.80. The zero-order chi connectivity index (χ0) is 23.3. The third-order valence-corrected chi connectivity index (χ3v) is 6.71. The number of sulfonamides is 1. The molecule has 3 aromatic rings. The van der Waals surface area contributed by atoms with Crippen molar-refractivity contribution in [1.29, 1.82) is 0 Å². The van der Waals surface area contributed by atoms with Crippen LogP contribution in [0, 0.1) is 0 Å². The number of esters is 1. The predicted molar refractivity (Wildman–Crippen MR) is 117 cm³/mol. The van der Waals surface area contributed by atoms with Gasteiger partial charge in [0.25, 0.3) is 5.91 Å². The van der Waals surface area contributed by atoms with Gasteiger partial charge in [-0.3, -0.25) is 9.59 Å². The lowest BCUT2D eigenvalue weighted by molar-refractivity contribution is -0.148. The van der Waals surface area contributed by atoms with Gasteiger partial charge in [-0.2, -0.15) is 8.75 Å². The van der Waals surface area contributed by atoms with Crippen LogP contribution in [0.2, 0.25) is 0 Å². The van der Waals surface area contributed by atoms with Crippen molar-refractivity contribution in [3.8, 4) is 11.5 Å². The Morgan fingerprint density at radius 3 is 2.85 bits per heavy atom. The average Bonchev–Trinajstić information content (AvgIpc) is 3.47. The maximum Gasteiger partial charge on any atom is 0.306 e. The van der Waals surface area contributed by atoms with Gasteiger partial charge in [0.05, 0.1) is 11.7 Å². The van der Waals surface area contributed by atoms with Crippen LogP contribution in [0.5, 0.6) is 11.5 Å². The number of amides is 1. The number of carbonyl (C=O) groups is 2. The van der Waals surface area contributed by atoms with Gasteiger partial charge in [0.15, 0.2) is 18.1 Å². The van der Waals surface area contributed by atoms with Crippen molar-refractivity contribution < 1.29 is 32.2 Å². The molecule has 1 aliphatic rings. The maximum atomic E-state index is 12.5. The Labute approximate surface area is 193 Å². The summed E-state index contributed by atoms with van der Waals surface area (Å²) in [5.74, 6) is 0.215. The van der Waals surface area contributed by atoms with Gasteiger partial charge in [-0.05, 0) is 36.2 Å². The Morgan fingerprint density at radius 1 is 1.12 bits per heavy atom. The van der Waals surface area contributed by atoms with Gasteiger partial charge in [0.2, 0.25) is 16.8 Å². The molecule has 1 aromatic heterocycles. The standard InChI is InChI=1S/C20H20N4O7S2/c25-18(21-10-13-6-7-15-16(9-13)31-12-30-15)11-29-19(26)5-2-8-22-33(27,28)17-4-1-3-14-20(17)24-32-23-14/h1,3-4,6-7,9,22H,2,5,8,10-12H2,(H,21,25). The summed E-state index contributed by atoms with van der Waals surface area (Å²) in [5, 5.41) is 2.65. The third-order valence-electron chi connectivity index (χ3n) is 4.68. The number of aromatic nitrogens is 2. The normalized spacial score (nSPS) is 12.6. The van der Waals surface area contributed by atoms with Crippen LogP contribution in [0.15, 0.2) is 41.3 Å². The number of hydrogen-bond donors (Lipinski definition) is 2. The van der Waals surface area contributed by atoms with Gasteiger partial charge in [-0.25, -0.2) is 13.1 Å². The molecule has 11 nitrogen and oxygen atoms in total. The maximum absolute atomic E-state index is 12.5. The lowest BCUT2D eigenvalue weighted by Crippen LogP contribution is -2.29. The van der Waals surface area contributed by atoms with E-state index in [1.807, 2.05) is 0 Å². The Hall–Kier alpha value is -3.29. The van der Waals surface area contributed by atoms with Crippen LogP contribution in [0.1, 0.15) is 18.4 Å². The van der Waals surface area contributed by atoms with Crippen molar-refractivity contribution in [2.75, 3.05) is 19.9 Å². The van der Waals surface area contributed by atoms with Crippen molar-refractivity contribution in [2.45, 2.75) is 24.3 Å². The zero-order valence-corrected chi connectivity index (χ0v) is 18.9. The van der Waals surface area contributed by atoms with E-state index in [1.54, 1.807) is 30.3 Å². The van der Waals surface area contributed by atoms with E-state index in [0.717, 1.165) is 17.3 Å². The third kappa shape index (κ3) is 5.74. The van der Waals surface area contributed by atoms with Crippen LogP contribution in [0.25, 0.3) is 11.0 Å². The van der Waals surface area contributed by atoms with Gasteiger partial charge in [-0.1, -0.05) is 12.1 Å². The molecule has 1 aliphatic heterocycles. The lowest BCUT2D eigenvalue weighted by atomic mass is 10.2. The molecule has 0 radical (unpaired) electrons. The first-order chi connectivity index (χ1) is 15.9. The second-order valence-corrected chi connectivity index (χ2v) is 9.28. The van der Waals surface area contributed by atoms with Gasteiger partial charge in [0, 0.05) is 19.5 Å². The summed E-state index contributed by atoms with van der Waals surface area (Å²) in [6, 6.07) is 10.0. The molecule has 0 unspecified atom stereocenters. The summed E-state index contributed by atoms with van der Waals surface area (Å²) in [7, 11) is -3.80. The van der Waals surface area contributed by atoms with E-state index < -0.39 is 28.5 Å². The molecule has 0 saturated heterocycles. The highest BCUT2D eigenvalue weighted by molar-refractivity contribution is 7.89. The molecule has 0 atom stereocenters. The van der Waals surface area contributed by atoms with Crippen LogP contribution < -0.4 is 19.5 Å². The highest BCUT2D eigenvalue weighted by Gasteiger charge is 2.19. The van der Waals surface area contributed by atoms with Crippen molar-refractivity contribution in [2.24, 2.45) is 0 Å². The molecule has 0 aliphatic carbocycles. The Morgan fingerprint density at radius 2 is 1.97 bits per heavy atom. The molecule has 4 rings (SSSR count). The highest BCUT2D eigenvalue weighted by atomic mass is 32.2. The first-order valence-electron chi connectivity index (χ1n) is 9.94. The number of benzene rings is 2.